The fourth-order valence-electron chi connectivity index (χ4n) is 4.33. The molecular formula is C31H33N7O4. The molecule has 0 radical (unpaired) electrons. The van der Waals surface area contributed by atoms with Crippen LogP contribution in [0.4, 0.5) is 10.7 Å². The molecule has 216 valence electrons. The molecule has 0 saturated heterocycles. The van der Waals surface area contributed by atoms with Crippen molar-refractivity contribution in [2.75, 3.05) is 12.3 Å². The summed E-state index contributed by atoms with van der Waals surface area (Å²) in [5.74, 6) is -0.433. The van der Waals surface area contributed by atoms with Crippen LogP contribution in [0.3, 0.4) is 0 Å². The van der Waals surface area contributed by atoms with Gasteiger partial charge >= 0.3 is 6.09 Å². The number of nitrogens with zero attached hydrogens (tertiary/aromatic N) is 2. The number of benzene rings is 3. The van der Waals surface area contributed by atoms with Gasteiger partial charge in [0.2, 0.25) is 11.9 Å². The number of nitrogens with one attached hydrogen (secondary N) is 4. The summed E-state index contributed by atoms with van der Waals surface area (Å²) < 4.78 is 6.72. The highest BCUT2D eigenvalue weighted by molar-refractivity contribution is 5.92. The molecule has 0 fully saturated rings. The number of guanidine groups is 1. The van der Waals surface area contributed by atoms with E-state index in [2.05, 4.69) is 20.9 Å². The Balaban J connectivity index is 1.28. The second kappa shape index (κ2) is 14.8. The molecule has 4 rings (SSSR count). The molecule has 1 heterocycles. The minimum Gasteiger partial charge on any atom is -0.444 e. The molecule has 11 heteroatoms. The van der Waals surface area contributed by atoms with Gasteiger partial charge in [-0.15, -0.1) is 0 Å². The Bertz CT molecular complexity index is 1490. The van der Waals surface area contributed by atoms with E-state index in [1.165, 1.54) is 0 Å². The number of alkyl carbamates (subject to hydrolysis) is 1. The summed E-state index contributed by atoms with van der Waals surface area (Å²) in [4.78, 5) is 41.2. The van der Waals surface area contributed by atoms with Gasteiger partial charge in [-0.05, 0) is 18.4 Å². The molecule has 0 aliphatic carbocycles. The van der Waals surface area contributed by atoms with Crippen molar-refractivity contribution in [1.82, 2.24) is 25.5 Å². The summed E-state index contributed by atoms with van der Waals surface area (Å²) in [5.41, 5.74) is 10.2. The lowest BCUT2D eigenvalue weighted by Crippen LogP contribution is -2.42. The van der Waals surface area contributed by atoms with Crippen molar-refractivity contribution in [2.45, 2.75) is 32.0 Å². The van der Waals surface area contributed by atoms with E-state index < -0.39 is 18.0 Å². The van der Waals surface area contributed by atoms with Crippen LogP contribution in [0.5, 0.6) is 0 Å². The normalized spacial score (nSPS) is 11.2. The summed E-state index contributed by atoms with van der Waals surface area (Å²) in [6, 6.07) is 27.6. The van der Waals surface area contributed by atoms with Gasteiger partial charge in [-0.1, -0.05) is 91.0 Å². The first kappa shape index (κ1) is 29.5. The van der Waals surface area contributed by atoms with Crippen molar-refractivity contribution >= 4 is 30.2 Å². The molecule has 0 aliphatic rings. The fraction of sp³-hybridized carbons (Fsp3) is 0.194. The van der Waals surface area contributed by atoms with Crippen molar-refractivity contribution < 1.29 is 19.1 Å². The number of hydrogen-bond donors (Lipinski definition) is 5. The van der Waals surface area contributed by atoms with Crippen LogP contribution < -0.4 is 21.7 Å². The third-order valence-electron chi connectivity index (χ3n) is 6.34. The van der Waals surface area contributed by atoms with Crippen molar-refractivity contribution in [3.05, 3.63) is 96.6 Å². The predicted octanol–water partition coefficient (Wildman–Crippen LogP) is 3.71. The van der Waals surface area contributed by atoms with Gasteiger partial charge in [0.05, 0.1) is 17.4 Å². The zero-order valence-electron chi connectivity index (χ0n) is 23.0. The highest BCUT2D eigenvalue weighted by atomic mass is 16.5. The summed E-state index contributed by atoms with van der Waals surface area (Å²) in [6.07, 6.45) is 0.702. The Morgan fingerprint density at radius 1 is 0.952 bits per heavy atom. The predicted molar refractivity (Wildman–Crippen MR) is 160 cm³/mol. The second-order valence-corrected chi connectivity index (χ2v) is 9.43. The molecule has 0 saturated carbocycles. The molecule has 1 aromatic heterocycles. The maximum Gasteiger partial charge on any atom is 0.414 e. The molecular weight excluding hydrogens is 534 g/mol. The maximum absolute atomic E-state index is 13.0. The minimum absolute atomic E-state index is 0.0891. The lowest BCUT2D eigenvalue weighted by atomic mass is 10.0. The molecule has 42 heavy (non-hydrogen) atoms. The van der Waals surface area contributed by atoms with Crippen LogP contribution in [-0.4, -0.2) is 46.4 Å². The first-order valence-corrected chi connectivity index (χ1v) is 13.5. The summed E-state index contributed by atoms with van der Waals surface area (Å²) >= 11 is 0. The molecule has 4 aromatic rings. The van der Waals surface area contributed by atoms with Crippen LogP contribution in [0.2, 0.25) is 0 Å². The van der Waals surface area contributed by atoms with Crippen molar-refractivity contribution in [3.63, 3.8) is 0 Å². The van der Waals surface area contributed by atoms with Gasteiger partial charge in [0.25, 0.3) is 0 Å². The van der Waals surface area contributed by atoms with E-state index in [0.717, 1.165) is 16.7 Å². The Hall–Kier alpha value is -5.45. The zero-order chi connectivity index (χ0) is 29.7. The second-order valence-electron chi connectivity index (χ2n) is 9.43. The van der Waals surface area contributed by atoms with Crippen LogP contribution in [0.1, 0.15) is 18.4 Å². The number of aromatic nitrogens is 2. The maximum atomic E-state index is 13.0. The molecule has 1 atom stereocenters. The number of nitrogen functional groups attached to an aromatic ring is 1. The zero-order valence-corrected chi connectivity index (χ0v) is 23.0. The van der Waals surface area contributed by atoms with E-state index in [4.69, 9.17) is 15.9 Å². The van der Waals surface area contributed by atoms with Gasteiger partial charge in [0.15, 0.2) is 5.96 Å². The summed E-state index contributed by atoms with van der Waals surface area (Å²) in [6.45, 7) is 0.259. The van der Waals surface area contributed by atoms with E-state index in [1.54, 1.807) is 4.57 Å². The highest BCUT2D eigenvalue weighted by Gasteiger charge is 2.21. The molecule has 0 bridgehead atoms. The van der Waals surface area contributed by atoms with Crippen LogP contribution in [-0.2, 0) is 27.5 Å². The number of anilines is 1. The number of amides is 2. The van der Waals surface area contributed by atoms with E-state index in [9.17, 15) is 14.4 Å². The van der Waals surface area contributed by atoms with E-state index in [-0.39, 0.29) is 25.1 Å². The monoisotopic (exact) mass is 567 g/mol. The smallest absolute Gasteiger partial charge is 0.414 e. The molecule has 3 aromatic carbocycles. The largest absolute Gasteiger partial charge is 0.444 e. The first-order valence-electron chi connectivity index (χ1n) is 13.5. The average molecular weight is 568 g/mol. The molecule has 0 spiro atoms. The van der Waals surface area contributed by atoms with Gasteiger partial charge < -0.3 is 30.5 Å². The van der Waals surface area contributed by atoms with Gasteiger partial charge in [-0.25, -0.2) is 9.78 Å². The van der Waals surface area contributed by atoms with Crippen molar-refractivity contribution in [1.29, 1.82) is 5.41 Å². The van der Waals surface area contributed by atoms with Crippen LogP contribution >= 0.6 is 0 Å². The van der Waals surface area contributed by atoms with E-state index >= 15 is 0 Å². The molecule has 0 unspecified atom stereocenters. The quantitative estimate of drug-likeness (QED) is 0.0754. The number of imidazole rings is 1. The van der Waals surface area contributed by atoms with Gasteiger partial charge in [0.1, 0.15) is 19.4 Å². The average Bonchev–Trinajstić information content (AvgIpc) is 3.34. The molecule has 2 amide bonds. The number of hydrogen-bond acceptors (Lipinski definition) is 7. The van der Waals surface area contributed by atoms with Gasteiger partial charge in [-0.2, -0.15) is 0 Å². The van der Waals surface area contributed by atoms with Crippen LogP contribution in [0, 0.1) is 5.41 Å². The topological polar surface area (TPSA) is 164 Å². The number of rotatable bonds is 12. The van der Waals surface area contributed by atoms with E-state index in [1.807, 2.05) is 91.0 Å². The molecule has 11 nitrogen and oxygen atoms in total. The lowest BCUT2D eigenvalue weighted by Gasteiger charge is -2.16. The van der Waals surface area contributed by atoms with Crippen LogP contribution in [0.15, 0.2) is 91.0 Å². The molecule has 6 N–H and O–H groups in total. The third kappa shape index (κ3) is 8.28. The number of nitrogens with two attached hydrogens (primary N) is 1. The van der Waals surface area contributed by atoms with Crippen molar-refractivity contribution in [2.24, 2.45) is 0 Å². The van der Waals surface area contributed by atoms with Gasteiger partial charge in [-0.3, -0.25) is 15.5 Å². The standard InChI is InChI=1S/C31H33N7O4/c32-29(37-31(41)42-21-22-11-4-1-5-12-22)34-18-10-17-25(20-39)35-26(40)19-38-28(24-15-8-3-9-16-24)27(36-30(38)33)23-13-6-2-7-14-23/h1-9,11-16,20,25H,10,17-19,21H2,(H2,33,36)(H,35,40)(H3,32,34,37,41)/t25-/m0/s1. The third-order valence-corrected chi connectivity index (χ3v) is 6.34. The van der Waals surface area contributed by atoms with Crippen molar-refractivity contribution in [3.8, 4) is 22.5 Å². The number of ether oxygens (including phenoxy) is 1. The highest BCUT2D eigenvalue weighted by Crippen LogP contribution is 2.33. The van der Waals surface area contributed by atoms with Crippen LogP contribution in [0.25, 0.3) is 22.5 Å². The number of carbonyl (C=O) groups excluding carboxylic acids is 3. The Labute approximate surface area is 243 Å². The Morgan fingerprint density at radius 2 is 1.57 bits per heavy atom. The Morgan fingerprint density at radius 3 is 2.21 bits per heavy atom. The minimum atomic E-state index is -0.751. The number of carbonyl (C=O) groups is 3. The van der Waals surface area contributed by atoms with Gasteiger partial charge in [0, 0.05) is 17.7 Å². The summed E-state index contributed by atoms with van der Waals surface area (Å²) in [7, 11) is 0. The first-order chi connectivity index (χ1) is 20.4. The summed E-state index contributed by atoms with van der Waals surface area (Å²) in [5, 5.41) is 15.7. The van der Waals surface area contributed by atoms with E-state index in [0.29, 0.717) is 37.1 Å². The SMILES string of the molecule is N=C(NCCC[C@@H](C=O)NC(=O)Cn1c(N)nc(-c2ccccc2)c1-c1ccccc1)NC(=O)OCc1ccccc1. The molecule has 0 aliphatic heterocycles. The fourth-order valence-corrected chi connectivity index (χ4v) is 4.33. The Kier molecular flexibility index (Phi) is 10.4. The number of aldehydes is 1. The lowest BCUT2D eigenvalue weighted by molar-refractivity contribution is -0.124.